The van der Waals surface area contributed by atoms with E-state index in [1.807, 2.05) is 46.9 Å². The Balaban J connectivity index is 4.22. The predicted molar refractivity (Wildman–Crippen MR) is 72.3 cm³/mol. The molecule has 0 radical (unpaired) electrons. The normalized spacial score (nSPS) is 11.4. The minimum Gasteiger partial charge on any atom is -0.336 e. The highest BCUT2D eigenvalue weighted by Gasteiger charge is 2.14. The number of nitrogens with one attached hydrogen (secondary N) is 1. The van der Waals surface area contributed by atoms with Crippen molar-refractivity contribution >= 4 is 6.03 Å². The molecule has 0 atom stereocenters. The van der Waals surface area contributed by atoms with Crippen LogP contribution in [-0.4, -0.2) is 81.1 Å². The monoisotopic (exact) mass is 244 g/mol. The number of carbonyl (C=O) groups excluding carboxylic acids is 1. The number of carbonyl (C=O) groups is 1. The highest BCUT2D eigenvalue weighted by Crippen LogP contribution is 1.93. The highest BCUT2D eigenvalue weighted by atomic mass is 16.2. The fourth-order valence-corrected chi connectivity index (χ4v) is 1.29. The van der Waals surface area contributed by atoms with Crippen LogP contribution < -0.4 is 5.32 Å². The van der Waals surface area contributed by atoms with Crippen LogP contribution in [0.4, 0.5) is 4.79 Å². The van der Waals surface area contributed by atoms with Gasteiger partial charge in [-0.2, -0.15) is 0 Å². The molecule has 0 saturated heterocycles. The molecule has 0 fully saturated rings. The molecule has 17 heavy (non-hydrogen) atoms. The van der Waals surface area contributed by atoms with Gasteiger partial charge in [-0.25, -0.2) is 4.79 Å². The second kappa shape index (κ2) is 8.31. The lowest BCUT2D eigenvalue weighted by molar-refractivity contribution is 0.183. The third-order valence-corrected chi connectivity index (χ3v) is 2.33. The van der Waals surface area contributed by atoms with E-state index in [0.717, 1.165) is 26.2 Å². The molecule has 0 unspecified atom stereocenters. The van der Waals surface area contributed by atoms with Crippen LogP contribution in [0.5, 0.6) is 0 Å². The molecule has 0 rings (SSSR count). The van der Waals surface area contributed by atoms with Crippen molar-refractivity contribution in [1.29, 1.82) is 0 Å². The number of likely N-dealkylation sites (N-methyl/N-ethyl adjacent to an activating group) is 2. The molecule has 0 aliphatic rings. The van der Waals surface area contributed by atoms with Gasteiger partial charge in [0.1, 0.15) is 0 Å². The maximum absolute atomic E-state index is 12.0. The lowest BCUT2D eigenvalue weighted by Gasteiger charge is -2.27. The summed E-state index contributed by atoms with van der Waals surface area (Å²) in [5, 5.41) is 2.94. The highest BCUT2D eigenvalue weighted by molar-refractivity contribution is 5.74. The Labute approximate surface area is 106 Å². The first-order chi connectivity index (χ1) is 7.82. The third kappa shape index (κ3) is 8.94. The van der Waals surface area contributed by atoms with E-state index >= 15 is 0 Å². The molecular weight excluding hydrogens is 216 g/mol. The van der Waals surface area contributed by atoms with Gasteiger partial charge in [-0.3, -0.25) is 0 Å². The quantitative estimate of drug-likeness (QED) is 0.710. The lowest BCUT2D eigenvalue weighted by Crippen LogP contribution is -2.47. The molecule has 0 aliphatic heterocycles. The average molecular weight is 244 g/mol. The first kappa shape index (κ1) is 16.2. The lowest BCUT2D eigenvalue weighted by atomic mass is 10.4. The summed E-state index contributed by atoms with van der Waals surface area (Å²) in [6, 6.07) is 0.215. The zero-order valence-electron chi connectivity index (χ0n) is 12.2. The first-order valence-electron chi connectivity index (χ1n) is 6.17. The van der Waals surface area contributed by atoms with Crippen LogP contribution in [0.1, 0.15) is 13.8 Å². The fraction of sp³-hybridized carbons (Fsp3) is 0.917. The van der Waals surface area contributed by atoms with Gasteiger partial charge in [-0.1, -0.05) is 0 Å². The van der Waals surface area contributed by atoms with E-state index in [2.05, 4.69) is 15.1 Å². The van der Waals surface area contributed by atoms with Crippen LogP contribution in [0.25, 0.3) is 0 Å². The Morgan fingerprint density at radius 3 is 1.65 bits per heavy atom. The van der Waals surface area contributed by atoms with Gasteiger partial charge >= 0.3 is 6.03 Å². The summed E-state index contributed by atoms with van der Waals surface area (Å²) in [7, 11) is 8.07. The van der Waals surface area contributed by atoms with Crippen molar-refractivity contribution in [3.8, 4) is 0 Å². The Hall–Kier alpha value is -0.810. The molecule has 1 N–H and O–H groups in total. The SMILES string of the molecule is CC(C)NC(=O)N(CCN(C)C)CCN(C)C. The van der Waals surface area contributed by atoms with E-state index in [0.29, 0.717) is 0 Å². The standard InChI is InChI=1S/C12H28N4O/c1-11(2)13-12(17)16(9-7-14(3)4)10-8-15(5)6/h11H,7-10H2,1-6H3,(H,13,17). The van der Waals surface area contributed by atoms with E-state index in [1.54, 1.807) is 0 Å². The minimum absolute atomic E-state index is 0.0312. The van der Waals surface area contributed by atoms with E-state index in [4.69, 9.17) is 0 Å². The van der Waals surface area contributed by atoms with Crippen molar-refractivity contribution in [1.82, 2.24) is 20.0 Å². The summed E-state index contributed by atoms with van der Waals surface area (Å²) in [5.74, 6) is 0. The van der Waals surface area contributed by atoms with Crippen molar-refractivity contribution in [3.05, 3.63) is 0 Å². The van der Waals surface area contributed by atoms with Gasteiger partial charge in [-0.15, -0.1) is 0 Å². The maximum Gasteiger partial charge on any atom is 0.317 e. The molecule has 2 amide bonds. The molecule has 102 valence electrons. The molecule has 0 aromatic rings. The van der Waals surface area contributed by atoms with E-state index in [1.165, 1.54) is 0 Å². The van der Waals surface area contributed by atoms with Crippen molar-refractivity contribution < 1.29 is 4.79 Å². The largest absolute Gasteiger partial charge is 0.336 e. The number of amides is 2. The molecule has 0 saturated carbocycles. The van der Waals surface area contributed by atoms with Crippen LogP contribution >= 0.6 is 0 Å². The van der Waals surface area contributed by atoms with Crippen molar-refractivity contribution in [2.75, 3.05) is 54.4 Å². The summed E-state index contributed by atoms with van der Waals surface area (Å²) in [6.07, 6.45) is 0. The summed E-state index contributed by atoms with van der Waals surface area (Å²) in [4.78, 5) is 18.0. The second-order valence-electron chi connectivity index (χ2n) is 5.20. The minimum atomic E-state index is 0.0312. The predicted octanol–water partition coefficient (Wildman–Crippen LogP) is 0.530. The number of rotatable bonds is 7. The number of hydrogen-bond acceptors (Lipinski definition) is 3. The summed E-state index contributed by atoms with van der Waals surface area (Å²) in [5.41, 5.74) is 0. The average Bonchev–Trinajstić information content (AvgIpc) is 2.15. The van der Waals surface area contributed by atoms with E-state index in [9.17, 15) is 4.79 Å². The third-order valence-electron chi connectivity index (χ3n) is 2.33. The molecule has 0 spiro atoms. The van der Waals surface area contributed by atoms with Gasteiger partial charge in [0.25, 0.3) is 0 Å². The van der Waals surface area contributed by atoms with Crippen molar-refractivity contribution in [3.63, 3.8) is 0 Å². The maximum atomic E-state index is 12.0. The van der Waals surface area contributed by atoms with Crippen LogP contribution in [0.15, 0.2) is 0 Å². The van der Waals surface area contributed by atoms with Crippen molar-refractivity contribution in [2.45, 2.75) is 19.9 Å². The number of hydrogen-bond donors (Lipinski definition) is 1. The topological polar surface area (TPSA) is 38.8 Å². The van der Waals surface area contributed by atoms with Gasteiger partial charge in [0, 0.05) is 32.2 Å². The zero-order chi connectivity index (χ0) is 13.4. The zero-order valence-corrected chi connectivity index (χ0v) is 12.2. The summed E-state index contributed by atoms with van der Waals surface area (Å²) >= 11 is 0. The molecule has 0 aromatic carbocycles. The summed E-state index contributed by atoms with van der Waals surface area (Å²) in [6.45, 7) is 7.26. The van der Waals surface area contributed by atoms with Gasteiger partial charge in [0.15, 0.2) is 0 Å². The van der Waals surface area contributed by atoms with Gasteiger partial charge in [0.2, 0.25) is 0 Å². The van der Waals surface area contributed by atoms with Crippen LogP contribution in [-0.2, 0) is 0 Å². The molecular formula is C12H28N4O. The van der Waals surface area contributed by atoms with Crippen LogP contribution in [0.2, 0.25) is 0 Å². The van der Waals surface area contributed by atoms with E-state index in [-0.39, 0.29) is 12.1 Å². The number of urea groups is 1. The number of nitrogens with zero attached hydrogens (tertiary/aromatic N) is 3. The van der Waals surface area contributed by atoms with Gasteiger partial charge in [0.05, 0.1) is 0 Å². The first-order valence-corrected chi connectivity index (χ1v) is 6.17. The van der Waals surface area contributed by atoms with E-state index < -0.39 is 0 Å². The molecule has 5 heteroatoms. The van der Waals surface area contributed by atoms with Gasteiger partial charge < -0.3 is 20.0 Å². The molecule has 0 aliphatic carbocycles. The van der Waals surface area contributed by atoms with Crippen LogP contribution in [0.3, 0.4) is 0 Å². The smallest absolute Gasteiger partial charge is 0.317 e. The fourth-order valence-electron chi connectivity index (χ4n) is 1.29. The molecule has 5 nitrogen and oxygen atoms in total. The summed E-state index contributed by atoms with van der Waals surface area (Å²) < 4.78 is 0. The second-order valence-corrected chi connectivity index (χ2v) is 5.20. The molecule has 0 heterocycles. The van der Waals surface area contributed by atoms with Crippen molar-refractivity contribution in [2.24, 2.45) is 0 Å². The Morgan fingerprint density at radius 2 is 1.35 bits per heavy atom. The Bertz CT molecular complexity index is 205. The molecule has 0 aromatic heterocycles. The van der Waals surface area contributed by atoms with Crippen LogP contribution in [0, 0.1) is 0 Å². The van der Waals surface area contributed by atoms with Gasteiger partial charge in [-0.05, 0) is 42.0 Å². The molecule has 0 bridgehead atoms. The Morgan fingerprint density at radius 1 is 0.941 bits per heavy atom. The Kier molecular flexibility index (Phi) is 7.91.